The summed E-state index contributed by atoms with van der Waals surface area (Å²) in [5.74, 6) is 0.365. The first-order valence-electron chi connectivity index (χ1n) is 6.32. The van der Waals surface area contributed by atoms with Crippen molar-refractivity contribution in [2.45, 2.75) is 13.8 Å². The van der Waals surface area contributed by atoms with E-state index in [4.69, 9.17) is 4.74 Å². The van der Waals surface area contributed by atoms with Gasteiger partial charge in [-0.25, -0.2) is 5.43 Å². The van der Waals surface area contributed by atoms with Gasteiger partial charge in [-0.15, -0.1) is 11.3 Å². The zero-order chi connectivity index (χ0) is 15.2. The highest BCUT2D eigenvalue weighted by Gasteiger charge is 2.03. The molecule has 0 saturated carbocycles. The number of carbonyl (C=O) groups is 1. The molecule has 4 nitrogen and oxygen atoms in total. The van der Waals surface area contributed by atoms with E-state index in [1.54, 1.807) is 17.6 Å². The van der Waals surface area contributed by atoms with E-state index in [0.29, 0.717) is 5.75 Å². The van der Waals surface area contributed by atoms with Gasteiger partial charge in [0.25, 0.3) is 5.91 Å². The van der Waals surface area contributed by atoms with Gasteiger partial charge >= 0.3 is 0 Å². The van der Waals surface area contributed by atoms with Crippen LogP contribution in [0.25, 0.3) is 0 Å². The lowest BCUT2D eigenvalue weighted by atomic mass is 10.2. The van der Waals surface area contributed by atoms with E-state index in [9.17, 15) is 4.79 Å². The third kappa shape index (κ3) is 4.99. The Balaban J connectivity index is 1.79. The molecule has 21 heavy (non-hydrogen) atoms. The van der Waals surface area contributed by atoms with Crippen molar-refractivity contribution in [2.24, 2.45) is 5.10 Å². The van der Waals surface area contributed by atoms with Crippen molar-refractivity contribution in [2.75, 3.05) is 6.61 Å². The van der Waals surface area contributed by atoms with Crippen molar-refractivity contribution in [1.82, 2.24) is 5.43 Å². The first-order valence-corrected chi connectivity index (χ1v) is 7.93. The fourth-order valence-corrected chi connectivity index (χ4v) is 2.57. The van der Waals surface area contributed by atoms with E-state index < -0.39 is 0 Å². The monoisotopic (exact) mass is 366 g/mol. The van der Waals surface area contributed by atoms with Crippen molar-refractivity contribution >= 4 is 39.4 Å². The van der Waals surface area contributed by atoms with E-state index in [1.165, 1.54) is 4.88 Å². The highest BCUT2D eigenvalue weighted by atomic mass is 79.9. The smallest absolute Gasteiger partial charge is 0.277 e. The lowest BCUT2D eigenvalue weighted by Crippen LogP contribution is -2.24. The van der Waals surface area contributed by atoms with Crippen LogP contribution >= 0.6 is 27.3 Å². The molecule has 110 valence electrons. The highest BCUT2D eigenvalue weighted by Crippen LogP contribution is 2.21. The molecule has 0 saturated heterocycles. The quantitative estimate of drug-likeness (QED) is 0.648. The summed E-state index contributed by atoms with van der Waals surface area (Å²) in [6.45, 7) is 3.92. The van der Waals surface area contributed by atoms with E-state index in [-0.39, 0.29) is 12.5 Å². The number of halogens is 1. The van der Waals surface area contributed by atoms with Gasteiger partial charge in [0.1, 0.15) is 5.75 Å². The largest absolute Gasteiger partial charge is 0.484 e. The summed E-state index contributed by atoms with van der Waals surface area (Å²) in [6.07, 6.45) is 1.62. The van der Waals surface area contributed by atoms with Crippen LogP contribution in [0.3, 0.4) is 0 Å². The van der Waals surface area contributed by atoms with Gasteiger partial charge < -0.3 is 4.74 Å². The van der Waals surface area contributed by atoms with E-state index in [0.717, 1.165) is 14.9 Å². The van der Waals surface area contributed by atoms with Gasteiger partial charge in [0.2, 0.25) is 0 Å². The average molecular weight is 367 g/mol. The molecule has 1 heterocycles. The van der Waals surface area contributed by atoms with Gasteiger partial charge in [-0.3, -0.25) is 4.79 Å². The van der Waals surface area contributed by atoms with Crippen molar-refractivity contribution in [3.8, 4) is 5.75 Å². The molecular weight excluding hydrogens is 352 g/mol. The van der Waals surface area contributed by atoms with Crippen molar-refractivity contribution in [3.63, 3.8) is 0 Å². The minimum Gasteiger partial charge on any atom is -0.484 e. The molecule has 6 heteroatoms. The lowest BCUT2D eigenvalue weighted by Gasteiger charge is -2.06. The number of nitrogens with one attached hydrogen (secondary N) is 1. The highest BCUT2D eigenvalue weighted by molar-refractivity contribution is 9.10. The van der Waals surface area contributed by atoms with Crippen LogP contribution in [0.15, 0.2) is 39.9 Å². The predicted octanol–water partition coefficient (Wildman–Crippen LogP) is 3.66. The molecule has 0 fully saturated rings. The van der Waals surface area contributed by atoms with Crippen LogP contribution in [-0.4, -0.2) is 18.7 Å². The number of hydrogen-bond acceptors (Lipinski definition) is 4. The lowest BCUT2D eigenvalue weighted by molar-refractivity contribution is -0.123. The molecule has 2 aromatic rings. The maximum atomic E-state index is 11.6. The maximum absolute atomic E-state index is 11.6. The van der Waals surface area contributed by atoms with Crippen LogP contribution in [0, 0.1) is 13.8 Å². The number of aryl methyl sites for hydroxylation is 2. The number of amides is 1. The summed E-state index contributed by atoms with van der Waals surface area (Å²) >= 11 is 5.03. The summed E-state index contributed by atoms with van der Waals surface area (Å²) in [7, 11) is 0. The van der Waals surface area contributed by atoms with Crippen molar-refractivity contribution in [1.29, 1.82) is 0 Å². The third-order valence-corrected chi connectivity index (χ3v) is 4.47. The molecule has 0 radical (unpaired) electrons. The number of benzene rings is 1. The third-order valence-electron chi connectivity index (χ3n) is 2.64. The number of carbonyl (C=O) groups excluding carboxylic acids is 1. The van der Waals surface area contributed by atoms with E-state index >= 15 is 0 Å². The Bertz CT molecular complexity index is 667. The second kappa shape index (κ2) is 7.38. The molecule has 0 aliphatic heterocycles. The molecule has 0 bridgehead atoms. The first-order chi connectivity index (χ1) is 10.0. The van der Waals surface area contributed by atoms with Crippen molar-refractivity contribution < 1.29 is 9.53 Å². The predicted molar refractivity (Wildman–Crippen MR) is 89.2 cm³/mol. The summed E-state index contributed by atoms with van der Waals surface area (Å²) in [5.41, 5.74) is 3.49. The molecule has 2 rings (SSSR count). The fraction of sp³-hybridized carbons (Fsp3) is 0.200. The number of nitrogens with zero attached hydrogens (tertiary/aromatic N) is 1. The second-order valence-corrected chi connectivity index (χ2v) is 6.62. The van der Waals surface area contributed by atoms with Crippen LogP contribution in [0.4, 0.5) is 0 Å². The Morgan fingerprint density at radius 2 is 2.19 bits per heavy atom. The van der Waals surface area contributed by atoms with Gasteiger partial charge in [-0.1, -0.05) is 15.9 Å². The maximum Gasteiger partial charge on any atom is 0.277 e. The molecule has 1 amide bonds. The van der Waals surface area contributed by atoms with E-state index in [2.05, 4.69) is 26.5 Å². The molecule has 0 aliphatic carbocycles. The Hall–Kier alpha value is -1.66. The van der Waals surface area contributed by atoms with E-state index in [1.807, 2.05) is 44.2 Å². The zero-order valence-electron chi connectivity index (χ0n) is 11.7. The Kier molecular flexibility index (Phi) is 5.52. The molecule has 1 aromatic heterocycles. The van der Waals surface area contributed by atoms with Gasteiger partial charge in [0.05, 0.1) is 6.21 Å². The van der Waals surface area contributed by atoms with Crippen LogP contribution in [0.5, 0.6) is 5.75 Å². The molecule has 1 aromatic carbocycles. The zero-order valence-corrected chi connectivity index (χ0v) is 14.1. The summed E-state index contributed by atoms with van der Waals surface area (Å²) < 4.78 is 6.42. The number of rotatable bonds is 5. The number of hydrazone groups is 1. The normalized spacial score (nSPS) is 10.8. The summed E-state index contributed by atoms with van der Waals surface area (Å²) in [6, 6.07) is 9.53. The SMILES string of the molecule is Cc1ccc(/C=N/NC(=O)COc2ccc(Br)c(C)c2)s1. The van der Waals surface area contributed by atoms with Crippen LogP contribution < -0.4 is 10.2 Å². The number of ether oxygens (including phenoxy) is 1. The van der Waals surface area contributed by atoms with Gasteiger partial charge in [-0.05, 0) is 49.7 Å². The van der Waals surface area contributed by atoms with Crippen LogP contribution in [0.2, 0.25) is 0 Å². The molecule has 0 atom stereocenters. The molecule has 0 unspecified atom stereocenters. The topological polar surface area (TPSA) is 50.7 Å². The summed E-state index contributed by atoms with van der Waals surface area (Å²) in [5, 5.41) is 3.90. The average Bonchev–Trinajstić information content (AvgIpc) is 2.86. The minimum absolute atomic E-state index is 0.0676. The fourth-order valence-electron chi connectivity index (χ4n) is 1.58. The van der Waals surface area contributed by atoms with Crippen LogP contribution in [-0.2, 0) is 4.79 Å². The Labute approximate surface area is 136 Å². The Morgan fingerprint density at radius 1 is 1.38 bits per heavy atom. The number of hydrogen-bond donors (Lipinski definition) is 1. The molecule has 0 aliphatic rings. The summed E-state index contributed by atoms with van der Waals surface area (Å²) in [4.78, 5) is 13.8. The molecule has 0 spiro atoms. The number of thiophene rings is 1. The minimum atomic E-state index is -0.292. The van der Waals surface area contributed by atoms with Gasteiger partial charge in [-0.2, -0.15) is 5.10 Å². The molecular formula is C15H15BrN2O2S. The standard InChI is InChI=1S/C15H15BrN2O2S/c1-10-7-12(4-6-14(10)16)20-9-15(19)18-17-8-13-5-3-11(2)21-13/h3-8H,9H2,1-2H3,(H,18,19)/b17-8+. The van der Waals surface area contributed by atoms with Gasteiger partial charge in [0.15, 0.2) is 6.61 Å². The van der Waals surface area contributed by atoms with Crippen LogP contribution in [0.1, 0.15) is 15.3 Å². The van der Waals surface area contributed by atoms with Crippen molar-refractivity contribution in [3.05, 3.63) is 50.1 Å². The molecule has 1 N–H and O–H groups in total. The Morgan fingerprint density at radius 3 is 2.86 bits per heavy atom. The first kappa shape index (κ1) is 15.7. The second-order valence-electron chi connectivity index (χ2n) is 4.44. The van der Waals surface area contributed by atoms with Gasteiger partial charge in [0, 0.05) is 14.2 Å².